The summed E-state index contributed by atoms with van der Waals surface area (Å²) in [6.45, 7) is -0.0237. The number of nitrogens with one attached hydrogen (secondary N) is 1. The van der Waals surface area contributed by atoms with E-state index in [1.165, 1.54) is 0 Å². The summed E-state index contributed by atoms with van der Waals surface area (Å²) in [6, 6.07) is 4.89. The molecule has 0 saturated carbocycles. The topological polar surface area (TPSA) is 95.9 Å². The maximum Gasteiger partial charge on any atom is 0.332 e. The van der Waals surface area contributed by atoms with Crippen molar-refractivity contribution in [2.75, 3.05) is 11.9 Å². The van der Waals surface area contributed by atoms with Gasteiger partial charge in [-0.25, -0.2) is 4.79 Å². The molecule has 0 radical (unpaired) electrons. The molecule has 0 saturated heterocycles. The molecule has 0 fully saturated rings. The lowest BCUT2D eigenvalue weighted by Gasteiger charge is -2.18. The number of rotatable bonds is 3. The molecular formula is C11H11NO5. The van der Waals surface area contributed by atoms with E-state index >= 15 is 0 Å². The van der Waals surface area contributed by atoms with Crippen LogP contribution in [-0.2, 0) is 16.0 Å². The van der Waals surface area contributed by atoms with Gasteiger partial charge in [-0.15, -0.1) is 0 Å². The van der Waals surface area contributed by atoms with Crippen molar-refractivity contribution >= 4 is 17.6 Å². The van der Waals surface area contributed by atoms with Crippen LogP contribution in [0.2, 0.25) is 0 Å². The number of carbonyl (C=O) groups is 2. The molecule has 90 valence electrons. The Hall–Kier alpha value is -2.08. The van der Waals surface area contributed by atoms with Crippen molar-refractivity contribution in [1.29, 1.82) is 0 Å². The van der Waals surface area contributed by atoms with Crippen LogP contribution in [-0.4, -0.2) is 34.8 Å². The Balaban J connectivity index is 2.18. The van der Waals surface area contributed by atoms with Gasteiger partial charge in [0.2, 0.25) is 0 Å². The number of aliphatic carboxylic acids is 1. The van der Waals surface area contributed by atoms with Gasteiger partial charge in [0.05, 0.1) is 5.69 Å². The van der Waals surface area contributed by atoms with Crippen molar-refractivity contribution in [3.05, 3.63) is 23.8 Å². The average Bonchev–Trinajstić information content (AvgIpc) is 2.28. The van der Waals surface area contributed by atoms with Gasteiger partial charge < -0.3 is 20.3 Å². The first-order valence-corrected chi connectivity index (χ1v) is 5.02. The molecule has 1 aromatic rings. The van der Waals surface area contributed by atoms with E-state index in [4.69, 9.17) is 9.84 Å². The van der Waals surface area contributed by atoms with Crippen LogP contribution in [0.25, 0.3) is 0 Å². The quantitative estimate of drug-likeness (QED) is 0.688. The molecule has 0 bridgehead atoms. The third kappa shape index (κ3) is 2.54. The highest BCUT2D eigenvalue weighted by molar-refractivity contribution is 5.95. The summed E-state index contributed by atoms with van der Waals surface area (Å²) >= 11 is 0. The first-order chi connectivity index (χ1) is 8.06. The molecule has 0 aromatic heterocycles. The van der Waals surface area contributed by atoms with Crippen LogP contribution in [0.15, 0.2) is 18.2 Å². The minimum Gasteiger partial charge on any atom is -0.482 e. The van der Waals surface area contributed by atoms with Crippen molar-refractivity contribution in [1.82, 2.24) is 0 Å². The molecule has 6 heteroatoms. The number of ether oxygens (including phenoxy) is 1. The molecular weight excluding hydrogens is 226 g/mol. The van der Waals surface area contributed by atoms with E-state index in [-0.39, 0.29) is 18.9 Å². The average molecular weight is 237 g/mol. The number of carboxylic acid groups (broad SMARTS) is 1. The van der Waals surface area contributed by atoms with Crippen molar-refractivity contribution < 1.29 is 24.5 Å². The molecule has 1 aliphatic heterocycles. The Kier molecular flexibility index (Phi) is 2.97. The molecule has 1 atom stereocenters. The largest absolute Gasteiger partial charge is 0.482 e. The Bertz CT molecular complexity index is 471. The molecule has 3 N–H and O–H groups in total. The third-order valence-corrected chi connectivity index (χ3v) is 2.39. The fraction of sp³-hybridized carbons (Fsp3) is 0.273. The summed E-state index contributed by atoms with van der Waals surface area (Å²) < 4.78 is 5.15. The van der Waals surface area contributed by atoms with Crippen LogP contribution in [0, 0.1) is 0 Å². The molecule has 17 heavy (non-hydrogen) atoms. The monoisotopic (exact) mass is 237 g/mol. The highest BCUT2D eigenvalue weighted by atomic mass is 16.5. The van der Waals surface area contributed by atoms with Crippen LogP contribution in [0.4, 0.5) is 5.69 Å². The van der Waals surface area contributed by atoms with E-state index in [0.29, 0.717) is 17.0 Å². The summed E-state index contributed by atoms with van der Waals surface area (Å²) in [5.41, 5.74) is 1.11. The smallest absolute Gasteiger partial charge is 0.332 e. The maximum absolute atomic E-state index is 11.1. The van der Waals surface area contributed by atoms with E-state index in [2.05, 4.69) is 5.32 Å². The predicted octanol–water partition coefficient (Wildman–Crippen LogP) is 0.00550. The Morgan fingerprint density at radius 1 is 1.53 bits per heavy atom. The molecule has 0 aliphatic carbocycles. The van der Waals surface area contributed by atoms with Gasteiger partial charge in [-0.1, -0.05) is 6.07 Å². The Morgan fingerprint density at radius 3 is 3.00 bits per heavy atom. The van der Waals surface area contributed by atoms with Gasteiger partial charge in [0, 0.05) is 6.42 Å². The molecule has 2 rings (SSSR count). The number of aliphatic hydroxyl groups is 1. The lowest BCUT2D eigenvalue weighted by atomic mass is 10.1. The first-order valence-electron chi connectivity index (χ1n) is 5.02. The van der Waals surface area contributed by atoms with Crippen molar-refractivity contribution in [3.8, 4) is 5.75 Å². The van der Waals surface area contributed by atoms with Crippen LogP contribution in [0.3, 0.4) is 0 Å². The minimum absolute atomic E-state index is 0.0154. The summed E-state index contributed by atoms with van der Waals surface area (Å²) in [4.78, 5) is 21.6. The lowest BCUT2D eigenvalue weighted by Crippen LogP contribution is -2.26. The van der Waals surface area contributed by atoms with Gasteiger partial charge in [-0.2, -0.15) is 0 Å². The van der Waals surface area contributed by atoms with Crippen LogP contribution < -0.4 is 10.1 Å². The molecule has 6 nitrogen and oxygen atoms in total. The molecule has 1 aromatic carbocycles. The van der Waals surface area contributed by atoms with Crippen molar-refractivity contribution in [2.24, 2.45) is 0 Å². The number of aliphatic hydroxyl groups excluding tert-OH is 1. The van der Waals surface area contributed by atoms with Crippen LogP contribution >= 0.6 is 0 Å². The van der Waals surface area contributed by atoms with E-state index < -0.39 is 12.1 Å². The highest BCUT2D eigenvalue weighted by Gasteiger charge is 2.18. The second-order valence-electron chi connectivity index (χ2n) is 3.73. The second kappa shape index (κ2) is 4.42. The van der Waals surface area contributed by atoms with E-state index in [9.17, 15) is 14.7 Å². The number of carbonyl (C=O) groups excluding carboxylic acids is 1. The number of hydrogen-bond acceptors (Lipinski definition) is 4. The van der Waals surface area contributed by atoms with Crippen molar-refractivity contribution in [2.45, 2.75) is 12.5 Å². The third-order valence-electron chi connectivity index (χ3n) is 2.39. The zero-order chi connectivity index (χ0) is 12.4. The van der Waals surface area contributed by atoms with Gasteiger partial charge in [0.1, 0.15) is 5.75 Å². The highest BCUT2D eigenvalue weighted by Crippen LogP contribution is 2.28. The summed E-state index contributed by atoms with van der Waals surface area (Å²) in [7, 11) is 0. The zero-order valence-corrected chi connectivity index (χ0v) is 8.84. The summed E-state index contributed by atoms with van der Waals surface area (Å²) in [5, 5.41) is 20.4. The number of fused-ring (bicyclic) bond motifs is 1. The minimum atomic E-state index is -1.45. The standard InChI is InChI=1S/C11H11NO5/c13-8(11(15)16)4-6-1-2-9-7(3-6)12-10(14)5-17-9/h1-3,8,13H,4-5H2,(H,12,14)(H,15,16). The molecule has 1 unspecified atom stereocenters. The fourth-order valence-electron chi connectivity index (χ4n) is 1.57. The lowest BCUT2D eigenvalue weighted by molar-refractivity contribution is -0.146. The van der Waals surface area contributed by atoms with Crippen LogP contribution in [0.1, 0.15) is 5.56 Å². The van der Waals surface area contributed by atoms with E-state index in [1.54, 1.807) is 18.2 Å². The maximum atomic E-state index is 11.1. The van der Waals surface area contributed by atoms with Gasteiger partial charge in [0.15, 0.2) is 12.7 Å². The predicted molar refractivity (Wildman–Crippen MR) is 57.9 cm³/mol. The summed E-state index contributed by atoms with van der Waals surface area (Å²) in [5.74, 6) is -0.991. The number of hydrogen-bond donors (Lipinski definition) is 3. The van der Waals surface area contributed by atoms with Gasteiger partial charge in [-0.3, -0.25) is 4.79 Å². The number of amides is 1. The van der Waals surface area contributed by atoms with E-state index in [0.717, 1.165) is 0 Å². The van der Waals surface area contributed by atoms with Gasteiger partial charge in [-0.05, 0) is 17.7 Å². The Labute approximate surface area is 96.8 Å². The molecule has 1 aliphatic rings. The number of anilines is 1. The van der Waals surface area contributed by atoms with Crippen molar-refractivity contribution in [3.63, 3.8) is 0 Å². The fourth-order valence-corrected chi connectivity index (χ4v) is 1.57. The molecule has 1 amide bonds. The molecule has 0 spiro atoms. The SMILES string of the molecule is O=C1COc2ccc(CC(O)C(=O)O)cc2N1. The molecule has 1 heterocycles. The van der Waals surface area contributed by atoms with Gasteiger partial charge in [0.25, 0.3) is 5.91 Å². The van der Waals surface area contributed by atoms with Gasteiger partial charge >= 0.3 is 5.97 Å². The normalized spacial score (nSPS) is 15.5. The first kappa shape index (κ1) is 11.4. The van der Waals surface area contributed by atoms with E-state index in [1.807, 2.05) is 0 Å². The second-order valence-corrected chi connectivity index (χ2v) is 3.73. The Morgan fingerprint density at radius 2 is 2.29 bits per heavy atom. The number of carboxylic acids is 1. The summed E-state index contributed by atoms with van der Waals surface area (Å²) in [6.07, 6.45) is -1.47. The number of benzene rings is 1. The zero-order valence-electron chi connectivity index (χ0n) is 8.84. The van der Waals surface area contributed by atoms with Crippen LogP contribution in [0.5, 0.6) is 5.75 Å².